The molecule has 0 aliphatic carbocycles. The number of ether oxygens (including phenoxy) is 1. The minimum absolute atomic E-state index is 0.109. The Hall–Kier alpha value is -0.440. The van der Waals surface area contributed by atoms with Gasteiger partial charge < -0.3 is 4.74 Å². The molecule has 0 atom stereocenters. The van der Waals surface area contributed by atoms with Gasteiger partial charge in [-0.3, -0.25) is 4.79 Å². The Labute approximate surface area is 142 Å². The first-order chi connectivity index (χ1) is 9.61. The maximum atomic E-state index is 12.8. The number of nitrogens with zero attached hydrogens (tertiary/aromatic N) is 1. The van der Waals surface area contributed by atoms with Gasteiger partial charge in [0.05, 0.1) is 12.0 Å². The molecule has 5 nitrogen and oxygen atoms in total. The molecule has 0 aliphatic rings. The quantitative estimate of drug-likeness (QED) is 0.657. The summed E-state index contributed by atoms with van der Waals surface area (Å²) in [7, 11) is -2.59. The van der Waals surface area contributed by atoms with Crippen molar-refractivity contribution in [3.63, 3.8) is 0 Å². The van der Waals surface area contributed by atoms with E-state index in [0.717, 1.165) is 9.87 Å². The van der Waals surface area contributed by atoms with Gasteiger partial charge in [-0.15, -0.1) is 0 Å². The third kappa shape index (κ3) is 4.28. The van der Waals surface area contributed by atoms with Crippen LogP contribution in [0.1, 0.15) is 19.4 Å². The zero-order valence-corrected chi connectivity index (χ0v) is 16.2. The molecular weight excluding hydrogens is 426 g/mol. The van der Waals surface area contributed by atoms with Crippen molar-refractivity contribution in [2.45, 2.75) is 31.7 Å². The van der Waals surface area contributed by atoms with Crippen molar-refractivity contribution in [1.29, 1.82) is 0 Å². The highest BCUT2D eigenvalue weighted by Gasteiger charge is 2.31. The van der Waals surface area contributed by atoms with E-state index < -0.39 is 16.0 Å². The van der Waals surface area contributed by atoms with E-state index in [0.29, 0.717) is 8.95 Å². The number of carbonyl (C=O) groups excluding carboxylic acids is 1. The second-order valence-electron chi connectivity index (χ2n) is 4.75. The molecule has 118 valence electrons. The normalized spacial score (nSPS) is 12.0. The Morgan fingerprint density at radius 3 is 2.33 bits per heavy atom. The third-order valence-corrected chi connectivity index (χ3v) is 6.72. The van der Waals surface area contributed by atoms with Crippen LogP contribution in [0.4, 0.5) is 0 Å². The maximum Gasteiger partial charge on any atom is 0.321 e. The molecule has 8 heteroatoms. The van der Waals surface area contributed by atoms with E-state index in [1.165, 1.54) is 13.2 Å². The van der Waals surface area contributed by atoms with E-state index in [9.17, 15) is 13.2 Å². The van der Waals surface area contributed by atoms with Crippen LogP contribution < -0.4 is 0 Å². The molecule has 1 rings (SSSR count). The molecule has 0 unspecified atom stereocenters. The summed E-state index contributed by atoms with van der Waals surface area (Å²) < 4.78 is 32.4. The van der Waals surface area contributed by atoms with Gasteiger partial charge in [-0.05, 0) is 54.4 Å². The Kier molecular flexibility index (Phi) is 6.39. The molecule has 0 saturated heterocycles. The van der Waals surface area contributed by atoms with E-state index in [2.05, 4.69) is 36.6 Å². The molecular formula is C13H17Br2NO4S. The van der Waals surface area contributed by atoms with Gasteiger partial charge in [-0.2, -0.15) is 4.31 Å². The fraction of sp³-hybridized carbons (Fsp3) is 0.462. The van der Waals surface area contributed by atoms with Gasteiger partial charge in [0.25, 0.3) is 0 Å². The van der Waals surface area contributed by atoms with Gasteiger partial charge in [0.2, 0.25) is 10.0 Å². The van der Waals surface area contributed by atoms with Crippen molar-refractivity contribution >= 4 is 47.9 Å². The topological polar surface area (TPSA) is 63.7 Å². The highest BCUT2D eigenvalue weighted by molar-refractivity contribution is 9.11. The van der Waals surface area contributed by atoms with E-state index in [1.54, 1.807) is 19.9 Å². The number of sulfonamides is 1. The summed E-state index contributed by atoms with van der Waals surface area (Å²) in [5.41, 5.74) is 0.907. The van der Waals surface area contributed by atoms with Crippen molar-refractivity contribution in [2.75, 3.05) is 13.7 Å². The summed E-state index contributed by atoms with van der Waals surface area (Å²) in [6.07, 6.45) is 0. The van der Waals surface area contributed by atoms with Crippen LogP contribution in [0.15, 0.2) is 26.0 Å². The van der Waals surface area contributed by atoms with Gasteiger partial charge >= 0.3 is 5.97 Å². The van der Waals surface area contributed by atoms with Crippen LogP contribution in [-0.4, -0.2) is 38.4 Å². The molecule has 0 radical (unpaired) electrons. The van der Waals surface area contributed by atoms with Crippen molar-refractivity contribution in [3.05, 3.63) is 26.6 Å². The van der Waals surface area contributed by atoms with E-state index in [1.807, 2.05) is 6.92 Å². The van der Waals surface area contributed by atoms with Crippen molar-refractivity contribution in [3.8, 4) is 0 Å². The fourth-order valence-corrected chi connectivity index (χ4v) is 4.91. The minimum atomic E-state index is -3.82. The van der Waals surface area contributed by atoms with Gasteiger partial charge in [-0.1, -0.05) is 15.9 Å². The van der Waals surface area contributed by atoms with Crippen molar-refractivity contribution in [2.24, 2.45) is 0 Å². The average Bonchev–Trinajstić information content (AvgIpc) is 2.38. The summed E-state index contributed by atoms with van der Waals surface area (Å²) in [4.78, 5) is 11.6. The molecule has 0 bridgehead atoms. The van der Waals surface area contributed by atoms with Gasteiger partial charge in [0.1, 0.15) is 6.54 Å². The number of methoxy groups -OCH3 is 1. The van der Waals surface area contributed by atoms with Crippen LogP contribution in [0.3, 0.4) is 0 Å². The molecule has 0 aromatic heterocycles. The number of esters is 1. The molecule has 0 spiro atoms. The Bertz CT molecular complexity index is 644. The molecule has 0 heterocycles. The fourth-order valence-electron chi connectivity index (χ4n) is 1.69. The number of halogens is 2. The maximum absolute atomic E-state index is 12.8. The number of rotatable bonds is 5. The lowest BCUT2D eigenvalue weighted by atomic mass is 10.2. The van der Waals surface area contributed by atoms with Crippen molar-refractivity contribution < 1.29 is 17.9 Å². The smallest absolute Gasteiger partial charge is 0.321 e. The first-order valence-corrected chi connectivity index (χ1v) is 9.18. The molecule has 1 aromatic carbocycles. The summed E-state index contributed by atoms with van der Waals surface area (Å²) >= 11 is 6.60. The van der Waals surface area contributed by atoms with Crippen LogP contribution in [0.5, 0.6) is 0 Å². The lowest BCUT2D eigenvalue weighted by Crippen LogP contribution is -2.41. The van der Waals surface area contributed by atoms with Crippen LogP contribution >= 0.6 is 31.9 Å². The molecule has 0 N–H and O–H groups in total. The lowest BCUT2D eigenvalue weighted by Gasteiger charge is -2.25. The Morgan fingerprint density at radius 1 is 1.29 bits per heavy atom. The van der Waals surface area contributed by atoms with Crippen LogP contribution in [0.25, 0.3) is 0 Å². The highest BCUT2D eigenvalue weighted by atomic mass is 79.9. The zero-order chi connectivity index (χ0) is 16.4. The van der Waals surface area contributed by atoms with E-state index in [4.69, 9.17) is 0 Å². The zero-order valence-electron chi connectivity index (χ0n) is 12.2. The van der Waals surface area contributed by atoms with Crippen molar-refractivity contribution in [1.82, 2.24) is 4.31 Å². The number of hydrogen-bond acceptors (Lipinski definition) is 4. The number of carbonyl (C=O) groups is 1. The van der Waals surface area contributed by atoms with Crippen LogP contribution in [0, 0.1) is 6.92 Å². The van der Waals surface area contributed by atoms with Gasteiger partial charge in [0.15, 0.2) is 0 Å². The number of hydrogen-bond donors (Lipinski definition) is 0. The summed E-state index contributed by atoms with van der Waals surface area (Å²) in [6, 6.07) is 2.87. The predicted molar refractivity (Wildman–Crippen MR) is 87.6 cm³/mol. The Morgan fingerprint density at radius 2 is 1.86 bits per heavy atom. The standard InChI is InChI=1S/C13H17Br2NO4S/c1-8(2)16(7-13(17)20-4)21(18,19)12-6-10(14)9(3)5-11(12)15/h5-6,8H,7H2,1-4H3. The second-order valence-corrected chi connectivity index (χ2v) is 8.32. The highest BCUT2D eigenvalue weighted by Crippen LogP contribution is 2.31. The summed E-state index contributed by atoms with van der Waals surface area (Å²) in [5, 5.41) is 0. The van der Waals surface area contributed by atoms with Gasteiger partial charge in [-0.25, -0.2) is 8.42 Å². The lowest BCUT2D eigenvalue weighted by molar-refractivity contribution is -0.141. The first kappa shape index (κ1) is 18.6. The molecule has 0 aliphatic heterocycles. The molecule has 0 fully saturated rings. The molecule has 0 saturated carbocycles. The SMILES string of the molecule is COC(=O)CN(C(C)C)S(=O)(=O)c1cc(Br)c(C)cc1Br. The average molecular weight is 443 g/mol. The predicted octanol–water partition coefficient (Wildman–Crippen LogP) is 3.09. The minimum Gasteiger partial charge on any atom is -0.468 e. The Balaban J connectivity index is 3.36. The van der Waals surface area contributed by atoms with Crippen LogP contribution in [0.2, 0.25) is 0 Å². The molecule has 1 aromatic rings. The largest absolute Gasteiger partial charge is 0.468 e. The monoisotopic (exact) mass is 441 g/mol. The summed E-state index contributed by atoms with van der Waals surface area (Å²) in [6.45, 7) is 4.95. The molecule has 21 heavy (non-hydrogen) atoms. The first-order valence-electron chi connectivity index (χ1n) is 6.15. The van der Waals surface area contributed by atoms with E-state index >= 15 is 0 Å². The summed E-state index contributed by atoms with van der Waals surface area (Å²) in [5.74, 6) is -0.602. The van der Waals surface area contributed by atoms with Gasteiger partial charge in [0, 0.05) is 15.0 Å². The number of aryl methyl sites for hydroxylation is 1. The third-order valence-electron chi connectivity index (χ3n) is 2.89. The second kappa shape index (κ2) is 7.21. The van der Waals surface area contributed by atoms with Crippen LogP contribution in [-0.2, 0) is 19.6 Å². The molecule has 0 amide bonds. The van der Waals surface area contributed by atoms with E-state index in [-0.39, 0.29) is 17.5 Å². The number of benzene rings is 1.